The molecule has 0 spiro atoms. The van der Waals surface area contributed by atoms with Gasteiger partial charge in [0.05, 0.1) is 12.5 Å². The monoisotopic (exact) mass is 565 g/mol. The van der Waals surface area contributed by atoms with Crippen LogP contribution in [0.2, 0.25) is 0 Å². The molecule has 1 heterocycles. The molecule has 3 amide bonds. The average Bonchev–Trinajstić information content (AvgIpc) is 3.13. The van der Waals surface area contributed by atoms with Gasteiger partial charge in [-0.25, -0.2) is 0 Å². The van der Waals surface area contributed by atoms with Crippen molar-refractivity contribution in [3.05, 3.63) is 62.0 Å². The Labute approximate surface area is 201 Å². The minimum atomic E-state index is -0.767. The molecule has 2 N–H and O–H groups in total. The standard InChI is InChI=1S/C22H21Br2N3O5/c1-12-13(2)18(8-7-17(12)24)25-19(28)11-32-22(31)15-9-20(29)27(10-15)26-21(30)14-3-5-16(23)6-4-14/h3-8,15H,9-11H2,1-2H3,(H,25,28)(H,26,30)/t15-/m0/s1. The SMILES string of the molecule is Cc1c(Br)ccc(NC(=O)COC(=O)[C@H]2CC(=O)N(NC(=O)c3ccc(Br)cc3)C2)c1C. The number of halogens is 2. The van der Waals surface area contributed by atoms with Crippen LogP contribution in [0.3, 0.4) is 0 Å². The summed E-state index contributed by atoms with van der Waals surface area (Å²) < 4.78 is 6.85. The molecule has 0 aromatic heterocycles. The van der Waals surface area contributed by atoms with E-state index in [1.54, 1.807) is 30.3 Å². The topological polar surface area (TPSA) is 105 Å². The lowest BCUT2D eigenvalue weighted by Crippen LogP contribution is -2.43. The van der Waals surface area contributed by atoms with Gasteiger partial charge in [-0.05, 0) is 61.4 Å². The quantitative estimate of drug-likeness (QED) is 0.521. The van der Waals surface area contributed by atoms with Crippen LogP contribution in [0, 0.1) is 19.8 Å². The Morgan fingerprint density at radius 1 is 1.06 bits per heavy atom. The summed E-state index contributed by atoms with van der Waals surface area (Å²) in [5.41, 5.74) is 5.40. The maximum atomic E-state index is 12.3. The summed E-state index contributed by atoms with van der Waals surface area (Å²) in [5.74, 6) is -2.77. The van der Waals surface area contributed by atoms with Gasteiger partial charge < -0.3 is 10.1 Å². The Balaban J connectivity index is 1.50. The van der Waals surface area contributed by atoms with Crippen LogP contribution in [0.5, 0.6) is 0 Å². The van der Waals surface area contributed by atoms with E-state index in [9.17, 15) is 19.2 Å². The molecule has 1 aliphatic rings. The largest absolute Gasteiger partial charge is 0.455 e. The third-order valence-electron chi connectivity index (χ3n) is 5.14. The van der Waals surface area contributed by atoms with Crippen molar-refractivity contribution in [1.82, 2.24) is 10.4 Å². The predicted octanol–water partition coefficient (Wildman–Crippen LogP) is 3.50. The van der Waals surface area contributed by atoms with E-state index in [4.69, 9.17) is 4.74 Å². The predicted molar refractivity (Wildman–Crippen MR) is 125 cm³/mol. The number of ether oxygens (including phenoxy) is 1. The normalized spacial score (nSPS) is 15.4. The van der Waals surface area contributed by atoms with Crippen LogP contribution in [-0.2, 0) is 19.1 Å². The minimum Gasteiger partial charge on any atom is -0.455 e. The van der Waals surface area contributed by atoms with E-state index >= 15 is 0 Å². The van der Waals surface area contributed by atoms with Crippen LogP contribution in [0.4, 0.5) is 5.69 Å². The Kier molecular flexibility index (Phi) is 7.68. The fourth-order valence-corrected chi connectivity index (χ4v) is 3.82. The average molecular weight is 567 g/mol. The van der Waals surface area contributed by atoms with Crippen LogP contribution in [0.1, 0.15) is 27.9 Å². The van der Waals surface area contributed by atoms with Crippen LogP contribution in [-0.4, -0.2) is 41.9 Å². The molecule has 2 aromatic rings. The van der Waals surface area contributed by atoms with Crippen molar-refractivity contribution in [1.29, 1.82) is 0 Å². The summed E-state index contributed by atoms with van der Waals surface area (Å²) in [5, 5.41) is 3.82. The molecule has 1 aliphatic heterocycles. The smallest absolute Gasteiger partial charge is 0.311 e. The number of anilines is 1. The zero-order valence-corrected chi connectivity index (χ0v) is 20.6. The van der Waals surface area contributed by atoms with E-state index in [0.29, 0.717) is 11.3 Å². The van der Waals surface area contributed by atoms with Gasteiger partial charge in [0.15, 0.2) is 6.61 Å². The summed E-state index contributed by atoms with van der Waals surface area (Å²) >= 11 is 6.72. The van der Waals surface area contributed by atoms with Gasteiger partial charge in [-0.15, -0.1) is 0 Å². The van der Waals surface area contributed by atoms with E-state index in [0.717, 1.165) is 25.1 Å². The van der Waals surface area contributed by atoms with Crippen LogP contribution in [0.25, 0.3) is 0 Å². The lowest BCUT2D eigenvalue weighted by molar-refractivity contribution is -0.151. The highest BCUT2D eigenvalue weighted by Gasteiger charge is 2.36. The molecule has 0 saturated carbocycles. The zero-order valence-electron chi connectivity index (χ0n) is 17.4. The van der Waals surface area contributed by atoms with E-state index < -0.39 is 36.2 Å². The molecular formula is C22H21Br2N3O5. The third kappa shape index (κ3) is 5.74. The molecule has 10 heteroatoms. The number of hydrazine groups is 1. The number of amides is 3. The minimum absolute atomic E-state index is 0.0213. The van der Waals surface area contributed by atoms with Gasteiger partial charge in [-0.1, -0.05) is 31.9 Å². The fourth-order valence-electron chi connectivity index (χ4n) is 3.13. The number of carbonyl (C=O) groups excluding carboxylic acids is 4. The van der Waals surface area contributed by atoms with Gasteiger partial charge in [0.25, 0.3) is 11.8 Å². The second-order valence-electron chi connectivity index (χ2n) is 7.35. The molecule has 0 radical (unpaired) electrons. The second kappa shape index (κ2) is 10.3. The molecule has 0 bridgehead atoms. The van der Waals surface area contributed by atoms with Crippen molar-refractivity contribution in [2.45, 2.75) is 20.3 Å². The van der Waals surface area contributed by atoms with E-state index in [1.165, 1.54) is 0 Å². The zero-order chi connectivity index (χ0) is 23.4. The maximum Gasteiger partial charge on any atom is 0.311 e. The molecule has 2 aromatic carbocycles. The number of nitrogens with zero attached hydrogens (tertiary/aromatic N) is 1. The summed E-state index contributed by atoms with van der Waals surface area (Å²) in [6, 6.07) is 10.2. The molecule has 0 aliphatic carbocycles. The maximum absolute atomic E-state index is 12.3. The fraction of sp³-hybridized carbons (Fsp3) is 0.273. The second-order valence-corrected chi connectivity index (χ2v) is 9.12. The highest BCUT2D eigenvalue weighted by atomic mass is 79.9. The van der Waals surface area contributed by atoms with Gasteiger partial charge in [0.2, 0.25) is 5.91 Å². The molecule has 168 valence electrons. The molecule has 0 unspecified atom stereocenters. The van der Waals surface area contributed by atoms with Gasteiger partial charge >= 0.3 is 5.97 Å². The molecule has 3 rings (SSSR count). The molecule has 1 saturated heterocycles. The number of carbonyl (C=O) groups is 4. The van der Waals surface area contributed by atoms with Crippen molar-refractivity contribution < 1.29 is 23.9 Å². The molecule has 8 nitrogen and oxygen atoms in total. The van der Waals surface area contributed by atoms with Crippen molar-refractivity contribution in [2.75, 3.05) is 18.5 Å². The Hall–Kier alpha value is -2.72. The number of benzene rings is 2. The van der Waals surface area contributed by atoms with Gasteiger partial charge in [-0.3, -0.25) is 29.6 Å². The van der Waals surface area contributed by atoms with Crippen LogP contribution in [0.15, 0.2) is 45.3 Å². The first kappa shape index (κ1) is 23.9. The van der Waals surface area contributed by atoms with Gasteiger partial charge in [0.1, 0.15) is 0 Å². The Morgan fingerprint density at radius 3 is 2.44 bits per heavy atom. The molecule has 1 atom stereocenters. The third-order valence-corrected chi connectivity index (χ3v) is 6.53. The van der Waals surface area contributed by atoms with Crippen molar-refractivity contribution in [3.63, 3.8) is 0 Å². The number of rotatable bonds is 6. The lowest BCUT2D eigenvalue weighted by Gasteiger charge is -2.17. The van der Waals surface area contributed by atoms with Crippen molar-refractivity contribution in [3.8, 4) is 0 Å². The Morgan fingerprint density at radius 2 is 1.75 bits per heavy atom. The van der Waals surface area contributed by atoms with E-state index in [1.807, 2.05) is 19.9 Å². The summed E-state index contributed by atoms with van der Waals surface area (Å²) in [6.07, 6.45) is -0.105. The first-order valence-corrected chi connectivity index (χ1v) is 11.3. The molecule has 1 fully saturated rings. The van der Waals surface area contributed by atoms with E-state index in [2.05, 4.69) is 42.6 Å². The van der Waals surface area contributed by atoms with Crippen molar-refractivity contribution in [2.24, 2.45) is 5.92 Å². The number of nitrogens with one attached hydrogen (secondary N) is 2. The van der Waals surface area contributed by atoms with Gasteiger partial charge in [0, 0.05) is 26.6 Å². The molecule has 32 heavy (non-hydrogen) atoms. The number of hydrogen-bond acceptors (Lipinski definition) is 5. The first-order chi connectivity index (χ1) is 15.2. The number of hydrogen-bond donors (Lipinski definition) is 2. The van der Waals surface area contributed by atoms with Crippen LogP contribution < -0.4 is 10.7 Å². The molecular weight excluding hydrogens is 546 g/mol. The highest BCUT2D eigenvalue weighted by molar-refractivity contribution is 9.10. The Bertz CT molecular complexity index is 1070. The van der Waals surface area contributed by atoms with Crippen LogP contribution >= 0.6 is 31.9 Å². The van der Waals surface area contributed by atoms with Gasteiger partial charge in [-0.2, -0.15) is 0 Å². The van der Waals surface area contributed by atoms with Crippen molar-refractivity contribution >= 4 is 61.2 Å². The highest BCUT2D eigenvalue weighted by Crippen LogP contribution is 2.26. The number of esters is 1. The summed E-state index contributed by atoms with van der Waals surface area (Å²) in [7, 11) is 0. The summed E-state index contributed by atoms with van der Waals surface area (Å²) in [6.45, 7) is 3.31. The first-order valence-electron chi connectivity index (χ1n) is 9.75. The lowest BCUT2D eigenvalue weighted by atomic mass is 10.1. The van der Waals surface area contributed by atoms with E-state index in [-0.39, 0.29) is 13.0 Å². The summed E-state index contributed by atoms with van der Waals surface area (Å²) in [4.78, 5) is 49.0.